The van der Waals surface area contributed by atoms with E-state index in [0.717, 1.165) is 23.4 Å². The van der Waals surface area contributed by atoms with E-state index in [2.05, 4.69) is 6.07 Å². The molecule has 2 aromatic rings. The number of nitrogens with zero attached hydrogens (tertiary/aromatic N) is 2. The molecule has 26 heavy (non-hydrogen) atoms. The van der Waals surface area contributed by atoms with Crippen molar-refractivity contribution in [1.29, 1.82) is 0 Å². The molecule has 1 aliphatic heterocycles. The molecule has 136 valence electrons. The predicted octanol–water partition coefficient (Wildman–Crippen LogP) is 2.68. The first kappa shape index (κ1) is 18.0. The lowest BCUT2D eigenvalue weighted by molar-refractivity contribution is -0.133. The van der Waals surface area contributed by atoms with E-state index in [0.29, 0.717) is 19.5 Å². The van der Waals surface area contributed by atoms with Crippen molar-refractivity contribution in [3.8, 4) is 5.75 Å². The van der Waals surface area contributed by atoms with Crippen LogP contribution >= 0.6 is 0 Å². The molecule has 5 heteroatoms. The quantitative estimate of drug-likeness (QED) is 0.803. The molecule has 1 heterocycles. The number of amides is 2. The highest BCUT2D eigenvalue weighted by molar-refractivity contribution is 5.98. The van der Waals surface area contributed by atoms with Gasteiger partial charge in [0.2, 0.25) is 11.8 Å². The summed E-state index contributed by atoms with van der Waals surface area (Å²) in [6.45, 7) is 2.82. The summed E-state index contributed by atoms with van der Waals surface area (Å²) in [6, 6.07) is 15.7. The summed E-state index contributed by atoms with van der Waals surface area (Å²) in [4.78, 5) is 28.1. The molecule has 0 saturated heterocycles. The number of carbonyl (C=O) groups is 2. The first-order valence-electron chi connectivity index (χ1n) is 8.85. The predicted molar refractivity (Wildman–Crippen MR) is 101 cm³/mol. The average Bonchev–Trinajstić information content (AvgIpc) is 3.09. The van der Waals surface area contributed by atoms with Crippen molar-refractivity contribution in [2.24, 2.45) is 0 Å². The Bertz CT molecular complexity index is 786. The third-order valence-corrected chi connectivity index (χ3v) is 4.79. The maximum Gasteiger partial charge on any atom is 0.246 e. The number of anilines is 1. The molecule has 1 aliphatic rings. The molecule has 0 N–H and O–H groups in total. The zero-order valence-electron chi connectivity index (χ0n) is 15.3. The minimum Gasteiger partial charge on any atom is -0.497 e. The van der Waals surface area contributed by atoms with E-state index in [9.17, 15) is 9.59 Å². The van der Waals surface area contributed by atoms with E-state index in [4.69, 9.17) is 4.74 Å². The molecular weight excluding hydrogens is 328 g/mol. The lowest BCUT2D eigenvalue weighted by atomic mass is 10.1. The second kappa shape index (κ2) is 8.04. The Kier molecular flexibility index (Phi) is 5.56. The van der Waals surface area contributed by atoms with Gasteiger partial charge in [-0.1, -0.05) is 30.3 Å². The fourth-order valence-electron chi connectivity index (χ4n) is 3.25. The fraction of sp³-hybridized carbons (Fsp3) is 0.333. The van der Waals surface area contributed by atoms with Crippen LogP contribution in [0, 0.1) is 0 Å². The number of rotatable bonds is 6. The lowest BCUT2D eigenvalue weighted by Crippen LogP contribution is -2.42. The molecule has 2 aromatic carbocycles. The molecule has 2 amide bonds. The number of carbonyl (C=O) groups excluding carboxylic acids is 2. The van der Waals surface area contributed by atoms with E-state index >= 15 is 0 Å². The standard InChI is InChI=1S/C21H24N2O3/c1-16(24)22(13-11-17-7-9-19(26-2)10-8-17)15-21(25)23-14-12-18-5-3-4-6-20(18)23/h3-10H,11-15H2,1-2H3. The Morgan fingerprint density at radius 3 is 2.54 bits per heavy atom. The Hall–Kier alpha value is -2.82. The number of hydrogen-bond acceptors (Lipinski definition) is 3. The largest absolute Gasteiger partial charge is 0.497 e. The molecule has 0 unspecified atom stereocenters. The van der Waals surface area contributed by atoms with Crippen LogP contribution in [0.4, 0.5) is 5.69 Å². The summed E-state index contributed by atoms with van der Waals surface area (Å²) in [7, 11) is 1.63. The van der Waals surface area contributed by atoms with E-state index in [-0.39, 0.29) is 18.4 Å². The summed E-state index contributed by atoms with van der Waals surface area (Å²) < 4.78 is 5.16. The van der Waals surface area contributed by atoms with Crippen molar-refractivity contribution in [2.45, 2.75) is 19.8 Å². The van der Waals surface area contributed by atoms with Gasteiger partial charge in [0.15, 0.2) is 0 Å². The van der Waals surface area contributed by atoms with Crippen molar-refractivity contribution in [2.75, 3.05) is 31.6 Å². The van der Waals surface area contributed by atoms with Gasteiger partial charge in [0.25, 0.3) is 0 Å². The van der Waals surface area contributed by atoms with Crippen molar-refractivity contribution >= 4 is 17.5 Å². The zero-order chi connectivity index (χ0) is 18.5. The highest BCUT2D eigenvalue weighted by Crippen LogP contribution is 2.27. The van der Waals surface area contributed by atoms with Crippen LogP contribution in [0.2, 0.25) is 0 Å². The third kappa shape index (κ3) is 4.04. The average molecular weight is 352 g/mol. The van der Waals surface area contributed by atoms with Crippen molar-refractivity contribution in [1.82, 2.24) is 4.90 Å². The highest BCUT2D eigenvalue weighted by atomic mass is 16.5. The van der Waals surface area contributed by atoms with E-state index in [1.165, 1.54) is 12.5 Å². The molecule has 0 bridgehead atoms. The molecule has 0 saturated carbocycles. The summed E-state index contributed by atoms with van der Waals surface area (Å²) in [5.41, 5.74) is 3.26. The minimum absolute atomic E-state index is 0.0279. The van der Waals surface area contributed by atoms with Gasteiger partial charge in [-0.15, -0.1) is 0 Å². The van der Waals surface area contributed by atoms with Gasteiger partial charge in [-0.2, -0.15) is 0 Å². The zero-order valence-corrected chi connectivity index (χ0v) is 15.3. The van der Waals surface area contributed by atoms with Gasteiger partial charge in [0, 0.05) is 25.7 Å². The smallest absolute Gasteiger partial charge is 0.246 e. The maximum absolute atomic E-state index is 12.7. The monoisotopic (exact) mass is 352 g/mol. The fourth-order valence-corrected chi connectivity index (χ4v) is 3.25. The first-order valence-corrected chi connectivity index (χ1v) is 8.85. The van der Waals surface area contributed by atoms with Crippen LogP contribution in [0.25, 0.3) is 0 Å². The van der Waals surface area contributed by atoms with Gasteiger partial charge in [0.1, 0.15) is 12.3 Å². The van der Waals surface area contributed by atoms with Crippen LogP contribution < -0.4 is 9.64 Å². The number of methoxy groups -OCH3 is 1. The Balaban J connectivity index is 1.61. The van der Waals surface area contributed by atoms with Gasteiger partial charge in [-0.05, 0) is 42.2 Å². The van der Waals surface area contributed by atoms with Gasteiger partial charge in [0.05, 0.1) is 7.11 Å². The Morgan fingerprint density at radius 2 is 1.85 bits per heavy atom. The second-order valence-electron chi connectivity index (χ2n) is 6.46. The van der Waals surface area contributed by atoms with Crippen LogP contribution in [-0.4, -0.2) is 43.5 Å². The number of fused-ring (bicyclic) bond motifs is 1. The van der Waals surface area contributed by atoms with E-state index < -0.39 is 0 Å². The molecule has 5 nitrogen and oxygen atoms in total. The van der Waals surface area contributed by atoms with Gasteiger partial charge >= 0.3 is 0 Å². The van der Waals surface area contributed by atoms with Crippen LogP contribution in [-0.2, 0) is 22.4 Å². The second-order valence-corrected chi connectivity index (χ2v) is 6.46. The number of ether oxygens (including phenoxy) is 1. The molecule has 3 rings (SSSR count). The third-order valence-electron chi connectivity index (χ3n) is 4.79. The van der Waals surface area contributed by atoms with Gasteiger partial charge < -0.3 is 14.5 Å². The Labute approximate surface area is 154 Å². The summed E-state index contributed by atoms with van der Waals surface area (Å²) in [6.07, 6.45) is 1.57. The molecule has 0 radical (unpaired) electrons. The number of para-hydroxylation sites is 1. The minimum atomic E-state index is -0.0839. The SMILES string of the molecule is COc1ccc(CCN(CC(=O)N2CCc3ccccc32)C(C)=O)cc1. The van der Waals surface area contributed by atoms with Crippen molar-refractivity contribution in [3.05, 3.63) is 59.7 Å². The van der Waals surface area contributed by atoms with Crippen molar-refractivity contribution < 1.29 is 14.3 Å². The molecule has 0 fully saturated rings. The van der Waals surface area contributed by atoms with Crippen LogP contribution in [0.5, 0.6) is 5.75 Å². The summed E-state index contributed by atoms with van der Waals surface area (Å²) >= 11 is 0. The lowest BCUT2D eigenvalue weighted by Gasteiger charge is -2.24. The number of hydrogen-bond donors (Lipinski definition) is 0. The summed E-state index contributed by atoms with van der Waals surface area (Å²) in [5, 5.41) is 0. The van der Waals surface area contributed by atoms with E-state index in [1.807, 2.05) is 42.5 Å². The molecule has 0 aliphatic carbocycles. The van der Waals surface area contributed by atoms with E-state index in [1.54, 1.807) is 16.9 Å². The molecule has 0 spiro atoms. The number of benzene rings is 2. The van der Waals surface area contributed by atoms with Crippen LogP contribution in [0.1, 0.15) is 18.1 Å². The summed E-state index contributed by atoms with van der Waals surface area (Å²) in [5.74, 6) is 0.694. The van der Waals surface area contributed by atoms with Crippen LogP contribution in [0.15, 0.2) is 48.5 Å². The van der Waals surface area contributed by atoms with Crippen molar-refractivity contribution in [3.63, 3.8) is 0 Å². The molecule has 0 aromatic heterocycles. The maximum atomic E-state index is 12.7. The topological polar surface area (TPSA) is 49.9 Å². The van der Waals surface area contributed by atoms with Gasteiger partial charge in [-0.3, -0.25) is 9.59 Å². The molecular formula is C21H24N2O3. The van der Waals surface area contributed by atoms with Gasteiger partial charge in [-0.25, -0.2) is 0 Å². The highest BCUT2D eigenvalue weighted by Gasteiger charge is 2.26. The first-order chi connectivity index (χ1) is 12.6. The Morgan fingerprint density at radius 1 is 1.12 bits per heavy atom. The normalized spacial score (nSPS) is 12.6. The molecule has 0 atom stereocenters. The van der Waals surface area contributed by atoms with Crippen LogP contribution in [0.3, 0.4) is 0 Å².